The van der Waals surface area contributed by atoms with Crippen LogP contribution in [0.5, 0.6) is 0 Å². The topological polar surface area (TPSA) is 3.24 Å². The summed E-state index contributed by atoms with van der Waals surface area (Å²) in [4.78, 5) is 2.49. The van der Waals surface area contributed by atoms with E-state index < -0.39 is 0 Å². The molecule has 0 aromatic heterocycles. The SMILES string of the molecule is Fc1cc(Br)cc(CN(CCCBr)C2CCC2)c1. The molecule has 0 radical (unpaired) electrons. The Morgan fingerprint density at radius 2 is 2.06 bits per heavy atom. The molecular formula is C14H18Br2FN. The van der Waals surface area contributed by atoms with Crippen LogP contribution in [0.25, 0.3) is 0 Å². The van der Waals surface area contributed by atoms with Crippen molar-refractivity contribution in [3.8, 4) is 0 Å². The lowest BCUT2D eigenvalue weighted by atomic mass is 9.91. The molecule has 0 bridgehead atoms. The number of hydrogen-bond acceptors (Lipinski definition) is 1. The number of alkyl halides is 1. The van der Waals surface area contributed by atoms with E-state index in [-0.39, 0.29) is 5.82 Å². The van der Waals surface area contributed by atoms with Gasteiger partial charge in [0.25, 0.3) is 0 Å². The molecule has 1 aliphatic carbocycles. The van der Waals surface area contributed by atoms with Crippen LogP contribution >= 0.6 is 31.9 Å². The predicted octanol–water partition coefficient (Wildman–Crippen LogP) is 4.73. The summed E-state index contributed by atoms with van der Waals surface area (Å²) in [5, 5.41) is 1.03. The first-order chi connectivity index (χ1) is 8.69. The van der Waals surface area contributed by atoms with Crippen molar-refractivity contribution in [2.24, 2.45) is 0 Å². The van der Waals surface area contributed by atoms with Crippen molar-refractivity contribution in [1.82, 2.24) is 4.90 Å². The monoisotopic (exact) mass is 377 g/mol. The second kappa shape index (κ2) is 7.01. The van der Waals surface area contributed by atoms with Crippen LogP contribution in [0.15, 0.2) is 22.7 Å². The van der Waals surface area contributed by atoms with E-state index in [1.807, 2.05) is 6.07 Å². The van der Waals surface area contributed by atoms with Crippen molar-refractivity contribution in [3.05, 3.63) is 34.1 Å². The van der Waals surface area contributed by atoms with Crippen LogP contribution in [0.1, 0.15) is 31.2 Å². The lowest BCUT2D eigenvalue weighted by molar-refractivity contribution is 0.120. The van der Waals surface area contributed by atoms with Gasteiger partial charge in [0.05, 0.1) is 0 Å². The van der Waals surface area contributed by atoms with Crippen LogP contribution < -0.4 is 0 Å². The van der Waals surface area contributed by atoms with Crippen molar-refractivity contribution in [2.75, 3.05) is 11.9 Å². The van der Waals surface area contributed by atoms with Gasteiger partial charge in [0.15, 0.2) is 0 Å². The summed E-state index contributed by atoms with van der Waals surface area (Å²) in [5.74, 6) is -0.159. The second-order valence-corrected chi connectivity index (χ2v) is 6.58. The first kappa shape index (κ1) is 14.5. The summed E-state index contributed by atoms with van der Waals surface area (Å²) < 4.78 is 14.2. The standard InChI is InChI=1S/C14H18Br2FN/c15-5-2-6-18(14-3-1-4-14)10-11-7-12(16)9-13(17)8-11/h7-9,14H,1-6,10H2. The highest BCUT2D eigenvalue weighted by Gasteiger charge is 2.24. The van der Waals surface area contributed by atoms with Crippen molar-refractivity contribution < 1.29 is 4.39 Å². The first-order valence-corrected chi connectivity index (χ1v) is 8.35. The van der Waals surface area contributed by atoms with E-state index in [0.717, 1.165) is 34.9 Å². The molecule has 0 aliphatic heterocycles. The molecule has 0 spiro atoms. The smallest absolute Gasteiger partial charge is 0.124 e. The normalized spacial score (nSPS) is 16.0. The van der Waals surface area contributed by atoms with E-state index in [1.165, 1.54) is 25.3 Å². The van der Waals surface area contributed by atoms with Gasteiger partial charge < -0.3 is 0 Å². The van der Waals surface area contributed by atoms with Crippen LogP contribution in [0.3, 0.4) is 0 Å². The molecule has 1 aliphatic rings. The quantitative estimate of drug-likeness (QED) is 0.647. The average Bonchev–Trinajstić information content (AvgIpc) is 2.21. The molecule has 0 unspecified atom stereocenters. The summed E-state index contributed by atoms with van der Waals surface area (Å²) in [7, 11) is 0. The summed E-state index contributed by atoms with van der Waals surface area (Å²) in [6.45, 7) is 1.94. The maximum atomic E-state index is 13.4. The Kier molecular flexibility index (Phi) is 5.64. The Morgan fingerprint density at radius 1 is 1.28 bits per heavy atom. The van der Waals surface area contributed by atoms with Gasteiger partial charge in [-0.2, -0.15) is 0 Å². The van der Waals surface area contributed by atoms with Gasteiger partial charge in [0, 0.05) is 22.4 Å². The fraction of sp³-hybridized carbons (Fsp3) is 0.571. The minimum atomic E-state index is -0.159. The summed E-state index contributed by atoms with van der Waals surface area (Å²) in [5.41, 5.74) is 1.06. The molecule has 0 saturated heterocycles. The lowest BCUT2D eigenvalue weighted by Gasteiger charge is -2.37. The first-order valence-electron chi connectivity index (χ1n) is 6.44. The van der Waals surface area contributed by atoms with Crippen LogP contribution in [-0.4, -0.2) is 22.8 Å². The lowest BCUT2D eigenvalue weighted by Crippen LogP contribution is -2.40. The molecule has 1 aromatic carbocycles. The second-order valence-electron chi connectivity index (χ2n) is 4.88. The molecule has 0 heterocycles. The molecule has 1 nitrogen and oxygen atoms in total. The predicted molar refractivity (Wildman–Crippen MR) is 80.6 cm³/mol. The maximum Gasteiger partial charge on any atom is 0.124 e. The van der Waals surface area contributed by atoms with Crippen molar-refractivity contribution >= 4 is 31.9 Å². The highest BCUT2D eigenvalue weighted by Crippen LogP contribution is 2.27. The summed E-state index contributed by atoms with van der Waals surface area (Å²) >= 11 is 6.84. The number of hydrogen-bond donors (Lipinski definition) is 0. The fourth-order valence-electron chi connectivity index (χ4n) is 2.34. The minimum absolute atomic E-state index is 0.159. The summed E-state index contributed by atoms with van der Waals surface area (Å²) in [6.07, 6.45) is 5.06. The van der Waals surface area contributed by atoms with E-state index in [0.29, 0.717) is 6.04 Å². The number of halogens is 3. The Balaban J connectivity index is 2.02. The summed E-state index contributed by atoms with van der Waals surface area (Å²) in [6, 6.07) is 5.87. The molecule has 1 saturated carbocycles. The average molecular weight is 379 g/mol. The van der Waals surface area contributed by atoms with E-state index in [2.05, 4.69) is 36.8 Å². The third-order valence-electron chi connectivity index (χ3n) is 3.48. The van der Waals surface area contributed by atoms with E-state index >= 15 is 0 Å². The molecule has 1 aromatic rings. The largest absolute Gasteiger partial charge is 0.296 e. The number of rotatable bonds is 6. The van der Waals surface area contributed by atoms with Gasteiger partial charge in [-0.15, -0.1) is 0 Å². The molecular weight excluding hydrogens is 361 g/mol. The zero-order valence-electron chi connectivity index (χ0n) is 10.3. The molecule has 100 valence electrons. The van der Waals surface area contributed by atoms with Gasteiger partial charge in [-0.05, 0) is 49.6 Å². The van der Waals surface area contributed by atoms with E-state index in [9.17, 15) is 4.39 Å². The molecule has 4 heteroatoms. The molecule has 0 atom stereocenters. The van der Waals surface area contributed by atoms with Gasteiger partial charge in [-0.1, -0.05) is 38.3 Å². The van der Waals surface area contributed by atoms with Crippen LogP contribution in [0.2, 0.25) is 0 Å². The fourth-order valence-corrected chi connectivity index (χ4v) is 3.11. The molecule has 0 N–H and O–H groups in total. The van der Waals surface area contributed by atoms with Crippen LogP contribution in [-0.2, 0) is 6.54 Å². The van der Waals surface area contributed by atoms with E-state index in [1.54, 1.807) is 6.07 Å². The number of benzene rings is 1. The molecule has 1 fully saturated rings. The third kappa shape index (κ3) is 4.04. The van der Waals surface area contributed by atoms with Crippen molar-refractivity contribution in [2.45, 2.75) is 38.3 Å². The molecule has 18 heavy (non-hydrogen) atoms. The van der Waals surface area contributed by atoms with Gasteiger partial charge in [0.2, 0.25) is 0 Å². The van der Waals surface area contributed by atoms with Gasteiger partial charge in [0.1, 0.15) is 5.82 Å². The Bertz CT molecular complexity index is 373. The van der Waals surface area contributed by atoms with Crippen LogP contribution in [0, 0.1) is 5.82 Å². The zero-order valence-corrected chi connectivity index (χ0v) is 13.5. The Labute approximate surface area is 125 Å². The van der Waals surface area contributed by atoms with Crippen molar-refractivity contribution in [1.29, 1.82) is 0 Å². The highest BCUT2D eigenvalue weighted by atomic mass is 79.9. The van der Waals surface area contributed by atoms with Crippen molar-refractivity contribution in [3.63, 3.8) is 0 Å². The minimum Gasteiger partial charge on any atom is -0.296 e. The maximum absolute atomic E-state index is 13.4. The van der Waals surface area contributed by atoms with Crippen LogP contribution in [0.4, 0.5) is 4.39 Å². The van der Waals surface area contributed by atoms with Gasteiger partial charge in [-0.3, -0.25) is 4.90 Å². The third-order valence-corrected chi connectivity index (χ3v) is 4.50. The molecule has 0 amide bonds. The number of nitrogens with zero attached hydrogens (tertiary/aromatic N) is 1. The van der Waals surface area contributed by atoms with Gasteiger partial charge in [-0.25, -0.2) is 4.39 Å². The van der Waals surface area contributed by atoms with E-state index in [4.69, 9.17) is 0 Å². The zero-order chi connectivity index (χ0) is 13.0. The Morgan fingerprint density at radius 3 is 2.61 bits per heavy atom. The molecule has 2 rings (SSSR count). The van der Waals surface area contributed by atoms with Gasteiger partial charge >= 0.3 is 0 Å². The highest BCUT2D eigenvalue weighted by molar-refractivity contribution is 9.10. The Hall–Kier alpha value is 0.0700.